The predicted octanol–water partition coefficient (Wildman–Crippen LogP) is 2.28. The Hall–Kier alpha value is 0.177. The Bertz CT molecular complexity index is 153. The molecule has 2 heteroatoms. The first kappa shape index (κ1) is 11.7. The van der Waals surface area contributed by atoms with Crippen LogP contribution in [0.5, 0.6) is 0 Å². The smallest absolute Gasteiger partial charge is 0.0205 e. The molecular weight excluding hydrogens is 198 g/mol. The SMILES string of the molecule is [SiH3]CN(C1CCCCC1)C1CCCCC1. The van der Waals surface area contributed by atoms with Crippen molar-refractivity contribution >= 4 is 10.2 Å². The lowest BCUT2D eigenvalue weighted by atomic mass is 9.89. The van der Waals surface area contributed by atoms with Crippen LogP contribution in [0.2, 0.25) is 0 Å². The zero-order valence-electron chi connectivity index (χ0n) is 10.4. The van der Waals surface area contributed by atoms with Gasteiger partial charge in [-0.2, -0.15) is 0 Å². The molecule has 0 aromatic carbocycles. The van der Waals surface area contributed by atoms with Crippen LogP contribution in [-0.4, -0.2) is 33.4 Å². The highest BCUT2D eigenvalue weighted by atomic mass is 28.1. The zero-order valence-corrected chi connectivity index (χ0v) is 12.4. The lowest BCUT2D eigenvalue weighted by molar-refractivity contribution is 0.102. The van der Waals surface area contributed by atoms with E-state index in [1.165, 1.54) is 80.6 Å². The van der Waals surface area contributed by atoms with Crippen molar-refractivity contribution < 1.29 is 0 Å². The fraction of sp³-hybridized carbons (Fsp3) is 1.00. The van der Waals surface area contributed by atoms with Gasteiger partial charge in [0.2, 0.25) is 0 Å². The second kappa shape index (κ2) is 6.05. The topological polar surface area (TPSA) is 3.24 Å². The molecule has 2 aliphatic carbocycles. The molecule has 0 N–H and O–H groups in total. The van der Waals surface area contributed by atoms with Crippen molar-refractivity contribution in [3.63, 3.8) is 0 Å². The second-order valence-corrected chi connectivity index (χ2v) is 6.05. The Morgan fingerprint density at radius 3 is 1.47 bits per heavy atom. The van der Waals surface area contributed by atoms with E-state index in [0.29, 0.717) is 0 Å². The van der Waals surface area contributed by atoms with Crippen LogP contribution < -0.4 is 0 Å². The molecule has 0 radical (unpaired) electrons. The van der Waals surface area contributed by atoms with Crippen LogP contribution in [0.1, 0.15) is 64.2 Å². The van der Waals surface area contributed by atoms with Crippen molar-refractivity contribution in [1.82, 2.24) is 4.90 Å². The lowest BCUT2D eigenvalue weighted by Crippen LogP contribution is -2.45. The van der Waals surface area contributed by atoms with Crippen LogP contribution >= 0.6 is 0 Å². The first-order chi connectivity index (χ1) is 7.42. The summed E-state index contributed by atoms with van der Waals surface area (Å²) in [5.74, 6) is 0. The highest BCUT2D eigenvalue weighted by Gasteiger charge is 2.27. The van der Waals surface area contributed by atoms with E-state index in [1.807, 2.05) is 0 Å². The molecule has 0 unspecified atom stereocenters. The summed E-state index contributed by atoms with van der Waals surface area (Å²) in [7, 11) is 1.37. The van der Waals surface area contributed by atoms with Crippen molar-refractivity contribution in [3.8, 4) is 0 Å². The van der Waals surface area contributed by atoms with Crippen molar-refractivity contribution in [3.05, 3.63) is 0 Å². The van der Waals surface area contributed by atoms with E-state index in [-0.39, 0.29) is 0 Å². The molecule has 2 aliphatic rings. The fourth-order valence-electron chi connectivity index (χ4n) is 3.64. The van der Waals surface area contributed by atoms with Crippen LogP contribution in [-0.2, 0) is 0 Å². The third-order valence-corrected chi connectivity index (χ3v) is 5.18. The van der Waals surface area contributed by atoms with Crippen molar-refractivity contribution in [2.24, 2.45) is 0 Å². The van der Waals surface area contributed by atoms with Gasteiger partial charge in [0.25, 0.3) is 0 Å². The van der Waals surface area contributed by atoms with E-state index in [1.54, 1.807) is 0 Å². The molecule has 2 rings (SSSR count). The Morgan fingerprint density at radius 1 is 0.733 bits per heavy atom. The lowest BCUT2D eigenvalue weighted by Gasteiger charge is -2.41. The van der Waals surface area contributed by atoms with Gasteiger partial charge >= 0.3 is 0 Å². The normalized spacial score (nSPS) is 26.2. The summed E-state index contributed by atoms with van der Waals surface area (Å²) < 4.78 is 0. The van der Waals surface area contributed by atoms with Gasteiger partial charge < -0.3 is 4.90 Å². The summed E-state index contributed by atoms with van der Waals surface area (Å²) in [6.45, 7) is 0. The highest BCUT2D eigenvalue weighted by Crippen LogP contribution is 2.29. The molecule has 0 aromatic rings. The minimum atomic E-state index is 0.972. The van der Waals surface area contributed by atoms with Crippen molar-refractivity contribution in [2.45, 2.75) is 76.3 Å². The number of rotatable bonds is 3. The average Bonchev–Trinajstić information content (AvgIpc) is 2.33. The van der Waals surface area contributed by atoms with E-state index in [0.717, 1.165) is 12.1 Å². The quantitative estimate of drug-likeness (QED) is 0.666. The molecule has 0 spiro atoms. The number of hydrogen-bond donors (Lipinski definition) is 0. The van der Waals surface area contributed by atoms with Crippen molar-refractivity contribution in [2.75, 3.05) is 6.17 Å². The number of hydrogen-bond acceptors (Lipinski definition) is 1. The summed E-state index contributed by atoms with van der Waals surface area (Å²) in [6, 6.07) is 1.94. The maximum Gasteiger partial charge on any atom is 0.0205 e. The molecule has 0 bridgehead atoms. The summed E-state index contributed by atoms with van der Waals surface area (Å²) in [6.07, 6.45) is 16.4. The third kappa shape index (κ3) is 3.07. The molecule has 88 valence electrons. The summed E-state index contributed by atoms with van der Waals surface area (Å²) in [4.78, 5) is 2.91. The van der Waals surface area contributed by atoms with Gasteiger partial charge in [0.1, 0.15) is 0 Å². The molecular formula is C13H27NSi. The van der Waals surface area contributed by atoms with E-state index in [2.05, 4.69) is 4.90 Å². The summed E-state index contributed by atoms with van der Waals surface area (Å²) in [5.41, 5.74) is 0. The van der Waals surface area contributed by atoms with Gasteiger partial charge in [-0.1, -0.05) is 38.5 Å². The van der Waals surface area contributed by atoms with Crippen LogP contribution in [0.15, 0.2) is 0 Å². The predicted molar refractivity (Wildman–Crippen MR) is 70.4 cm³/mol. The Kier molecular flexibility index (Phi) is 4.70. The van der Waals surface area contributed by atoms with Crippen LogP contribution in [0, 0.1) is 0 Å². The maximum absolute atomic E-state index is 2.91. The Balaban J connectivity index is 1.88. The van der Waals surface area contributed by atoms with Gasteiger partial charge in [0, 0.05) is 22.3 Å². The average molecular weight is 225 g/mol. The maximum atomic E-state index is 2.91. The molecule has 0 aromatic heterocycles. The first-order valence-corrected chi connectivity index (χ1v) is 8.59. The van der Waals surface area contributed by atoms with E-state index in [9.17, 15) is 0 Å². The van der Waals surface area contributed by atoms with Gasteiger partial charge in [0.15, 0.2) is 0 Å². The zero-order chi connectivity index (χ0) is 10.5. The molecule has 0 amide bonds. The molecule has 1 nitrogen and oxygen atoms in total. The number of nitrogens with zero attached hydrogens (tertiary/aromatic N) is 1. The fourth-order valence-corrected chi connectivity index (χ4v) is 4.67. The largest absolute Gasteiger partial charge is 0.301 e. The second-order valence-electron chi connectivity index (χ2n) is 5.41. The van der Waals surface area contributed by atoms with E-state index >= 15 is 0 Å². The molecule has 0 aliphatic heterocycles. The van der Waals surface area contributed by atoms with Crippen LogP contribution in [0.3, 0.4) is 0 Å². The summed E-state index contributed by atoms with van der Waals surface area (Å²) in [5, 5.41) is 0. The van der Waals surface area contributed by atoms with E-state index < -0.39 is 0 Å². The molecule has 2 fully saturated rings. The minimum absolute atomic E-state index is 0.972. The molecule has 15 heavy (non-hydrogen) atoms. The molecule has 0 atom stereocenters. The minimum Gasteiger partial charge on any atom is -0.301 e. The first-order valence-electron chi connectivity index (χ1n) is 7.17. The molecule has 0 saturated heterocycles. The van der Waals surface area contributed by atoms with Gasteiger partial charge in [0.05, 0.1) is 0 Å². The molecule has 0 heterocycles. The van der Waals surface area contributed by atoms with Gasteiger partial charge in [-0.05, 0) is 31.9 Å². The van der Waals surface area contributed by atoms with Crippen molar-refractivity contribution in [1.29, 1.82) is 0 Å². The standard InChI is InChI=1S/C13H27NSi/c15-11-14(12-7-3-1-4-8-12)13-9-5-2-6-10-13/h12-13H,1-11H2,15H3. The third-order valence-electron chi connectivity index (χ3n) is 4.45. The monoisotopic (exact) mass is 225 g/mol. The van der Waals surface area contributed by atoms with Crippen LogP contribution in [0.25, 0.3) is 0 Å². The van der Waals surface area contributed by atoms with Gasteiger partial charge in [-0.15, -0.1) is 0 Å². The Morgan fingerprint density at radius 2 is 1.13 bits per heavy atom. The van der Waals surface area contributed by atoms with Gasteiger partial charge in [-0.25, -0.2) is 0 Å². The highest BCUT2D eigenvalue weighted by molar-refractivity contribution is 6.08. The van der Waals surface area contributed by atoms with Gasteiger partial charge in [-0.3, -0.25) is 0 Å². The Labute approximate surface area is 98.0 Å². The molecule has 2 saturated carbocycles. The van der Waals surface area contributed by atoms with Crippen LogP contribution in [0.4, 0.5) is 0 Å². The van der Waals surface area contributed by atoms with E-state index in [4.69, 9.17) is 0 Å². The summed E-state index contributed by atoms with van der Waals surface area (Å²) >= 11 is 0.